The first-order valence-electron chi connectivity index (χ1n) is 5.83. The number of rotatable bonds is 4. The van der Waals surface area contributed by atoms with Gasteiger partial charge in [0.05, 0.1) is 10.5 Å². The molecule has 0 aromatic heterocycles. The Hall–Kier alpha value is -2.41. The van der Waals surface area contributed by atoms with E-state index in [9.17, 15) is 14.9 Å². The summed E-state index contributed by atoms with van der Waals surface area (Å²) in [4.78, 5) is 21.2. The standard InChI is InChI=1S/C14H10BrNO5/c1-8-4-11(16(19)20)2-3-13(8)21-12-6-9(14(17)18)5-10(15)7-12/h2-7H,1H3,(H,17,18). The lowest BCUT2D eigenvalue weighted by atomic mass is 10.2. The van der Waals surface area contributed by atoms with Crippen LogP contribution in [0.2, 0.25) is 0 Å². The largest absolute Gasteiger partial charge is 0.478 e. The van der Waals surface area contributed by atoms with Gasteiger partial charge in [-0.2, -0.15) is 0 Å². The summed E-state index contributed by atoms with van der Waals surface area (Å²) in [6, 6.07) is 8.66. The Balaban J connectivity index is 2.34. The maximum atomic E-state index is 11.0. The van der Waals surface area contributed by atoms with Crippen LogP contribution in [0.15, 0.2) is 40.9 Å². The average molecular weight is 352 g/mol. The molecule has 2 rings (SSSR count). The van der Waals surface area contributed by atoms with Crippen molar-refractivity contribution in [2.75, 3.05) is 0 Å². The second-order valence-electron chi connectivity index (χ2n) is 4.29. The SMILES string of the molecule is Cc1cc([N+](=O)[O-])ccc1Oc1cc(Br)cc(C(=O)O)c1. The molecule has 2 aromatic carbocycles. The van der Waals surface area contributed by atoms with E-state index in [1.807, 2.05) is 0 Å². The molecule has 0 unspecified atom stereocenters. The Kier molecular flexibility index (Phi) is 4.23. The highest BCUT2D eigenvalue weighted by Crippen LogP contribution is 2.30. The van der Waals surface area contributed by atoms with Crippen LogP contribution < -0.4 is 4.74 Å². The van der Waals surface area contributed by atoms with Crippen LogP contribution in [-0.2, 0) is 0 Å². The number of non-ortho nitro benzene ring substituents is 1. The van der Waals surface area contributed by atoms with E-state index in [1.165, 1.54) is 30.3 Å². The van der Waals surface area contributed by atoms with Crippen LogP contribution >= 0.6 is 15.9 Å². The number of carboxylic acids is 1. The number of aromatic carboxylic acids is 1. The summed E-state index contributed by atoms with van der Waals surface area (Å²) >= 11 is 3.21. The van der Waals surface area contributed by atoms with E-state index in [4.69, 9.17) is 9.84 Å². The Morgan fingerprint density at radius 3 is 2.57 bits per heavy atom. The molecule has 7 heteroatoms. The van der Waals surface area contributed by atoms with Gasteiger partial charge in [0.25, 0.3) is 5.69 Å². The molecule has 1 N–H and O–H groups in total. The number of aryl methyl sites for hydroxylation is 1. The fourth-order valence-electron chi connectivity index (χ4n) is 1.73. The zero-order chi connectivity index (χ0) is 15.6. The molecule has 21 heavy (non-hydrogen) atoms. The minimum Gasteiger partial charge on any atom is -0.478 e. The van der Waals surface area contributed by atoms with E-state index in [-0.39, 0.29) is 11.3 Å². The Bertz CT molecular complexity index is 729. The lowest BCUT2D eigenvalue weighted by molar-refractivity contribution is -0.384. The molecule has 0 saturated carbocycles. The molecule has 0 spiro atoms. The van der Waals surface area contributed by atoms with Crippen LogP contribution in [0.25, 0.3) is 0 Å². The summed E-state index contributed by atoms with van der Waals surface area (Å²) < 4.78 is 6.17. The Morgan fingerprint density at radius 2 is 2.00 bits per heavy atom. The van der Waals surface area contributed by atoms with E-state index in [0.717, 1.165) is 0 Å². The molecule has 0 bridgehead atoms. The van der Waals surface area contributed by atoms with Crippen molar-refractivity contribution in [1.29, 1.82) is 0 Å². The van der Waals surface area contributed by atoms with Gasteiger partial charge in [-0.1, -0.05) is 15.9 Å². The van der Waals surface area contributed by atoms with Gasteiger partial charge in [0.15, 0.2) is 0 Å². The zero-order valence-corrected chi connectivity index (χ0v) is 12.5. The maximum Gasteiger partial charge on any atom is 0.335 e. The molecule has 6 nitrogen and oxygen atoms in total. The lowest BCUT2D eigenvalue weighted by Crippen LogP contribution is -1.97. The van der Waals surface area contributed by atoms with Gasteiger partial charge in [0.1, 0.15) is 11.5 Å². The third kappa shape index (κ3) is 3.57. The molecule has 0 aliphatic heterocycles. The number of halogens is 1. The zero-order valence-electron chi connectivity index (χ0n) is 10.9. The van der Waals surface area contributed by atoms with Crippen LogP contribution in [-0.4, -0.2) is 16.0 Å². The first-order valence-corrected chi connectivity index (χ1v) is 6.63. The number of nitrogens with zero attached hydrogens (tertiary/aromatic N) is 1. The Labute approximate surface area is 128 Å². The Morgan fingerprint density at radius 1 is 1.29 bits per heavy atom. The molecular weight excluding hydrogens is 342 g/mol. The normalized spacial score (nSPS) is 10.2. The number of benzene rings is 2. The van der Waals surface area contributed by atoms with Crippen LogP contribution in [0, 0.1) is 17.0 Å². The van der Waals surface area contributed by atoms with Crippen molar-refractivity contribution in [3.8, 4) is 11.5 Å². The average Bonchev–Trinajstić information content (AvgIpc) is 2.40. The number of hydrogen-bond donors (Lipinski definition) is 1. The van der Waals surface area contributed by atoms with Gasteiger partial charge < -0.3 is 9.84 Å². The van der Waals surface area contributed by atoms with Gasteiger partial charge >= 0.3 is 5.97 Å². The van der Waals surface area contributed by atoms with Crippen LogP contribution in [0.5, 0.6) is 11.5 Å². The molecular formula is C14H10BrNO5. The molecule has 0 fully saturated rings. The number of nitro groups is 1. The minimum atomic E-state index is -1.07. The summed E-state index contributed by atoms with van der Waals surface area (Å²) in [5.41, 5.74) is 0.639. The molecule has 0 atom stereocenters. The lowest BCUT2D eigenvalue weighted by Gasteiger charge is -2.09. The van der Waals surface area contributed by atoms with Gasteiger partial charge in [0.2, 0.25) is 0 Å². The monoisotopic (exact) mass is 351 g/mol. The highest BCUT2D eigenvalue weighted by molar-refractivity contribution is 9.10. The first-order chi connectivity index (χ1) is 9.86. The molecule has 0 saturated heterocycles. The van der Waals surface area contributed by atoms with Crippen molar-refractivity contribution in [2.45, 2.75) is 6.92 Å². The molecule has 0 aliphatic carbocycles. The molecule has 0 aliphatic rings. The molecule has 0 amide bonds. The molecule has 2 aromatic rings. The number of ether oxygens (including phenoxy) is 1. The first kappa shape index (κ1) is 15.0. The second-order valence-corrected chi connectivity index (χ2v) is 5.21. The van der Waals surface area contributed by atoms with E-state index in [2.05, 4.69) is 15.9 Å². The van der Waals surface area contributed by atoms with Crippen LogP contribution in [0.1, 0.15) is 15.9 Å². The van der Waals surface area contributed by atoms with Crippen molar-refractivity contribution < 1.29 is 19.6 Å². The number of carbonyl (C=O) groups is 1. The quantitative estimate of drug-likeness (QED) is 0.659. The summed E-state index contributed by atoms with van der Waals surface area (Å²) in [6.45, 7) is 1.68. The van der Waals surface area contributed by atoms with Crippen LogP contribution in [0.4, 0.5) is 5.69 Å². The van der Waals surface area contributed by atoms with Crippen molar-refractivity contribution in [2.24, 2.45) is 0 Å². The van der Waals surface area contributed by atoms with E-state index in [0.29, 0.717) is 21.5 Å². The van der Waals surface area contributed by atoms with Crippen molar-refractivity contribution >= 4 is 27.6 Å². The third-order valence-corrected chi connectivity index (χ3v) is 3.17. The molecule has 0 heterocycles. The van der Waals surface area contributed by atoms with Gasteiger partial charge in [-0.3, -0.25) is 10.1 Å². The fourth-order valence-corrected chi connectivity index (χ4v) is 2.21. The molecule has 108 valence electrons. The fraction of sp³-hybridized carbons (Fsp3) is 0.0714. The highest BCUT2D eigenvalue weighted by atomic mass is 79.9. The minimum absolute atomic E-state index is 0.0275. The van der Waals surface area contributed by atoms with Gasteiger partial charge in [0, 0.05) is 16.6 Å². The third-order valence-electron chi connectivity index (χ3n) is 2.72. The summed E-state index contributed by atoms with van der Waals surface area (Å²) in [5.74, 6) is -0.310. The maximum absolute atomic E-state index is 11.0. The van der Waals surface area contributed by atoms with E-state index >= 15 is 0 Å². The topological polar surface area (TPSA) is 89.7 Å². The van der Waals surface area contributed by atoms with Gasteiger partial charge in [-0.05, 0) is 36.8 Å². The predicted octanol–water partition coefficient (Wildman–Crippen LogP) is 4.16. The number of hydrogen-bond acceptors (Lipinski definition) is 4. The summed E-state index contributed by atoms with van der Waals surface area (Å²) in [7, 11) is 0. The smallest absolute Gasteiger partial charge is 0.335 e. The predicted molar refractivity (Wildman–Crippen MR) is 79.0 cm³/mol. The van der Waals surface area contributed by atoms with Gasteiger partial charge in [-0.25, -0.2) is 4.79 Å². The van der Waals surface area contributed by atoms with Crippen molar-refractivity contribution in [1.82, 2.24) is 0 Å². The summed E-state index contributed by atoms with van der Waals surface area (Å²) in [5, 5.41) is 19.7. The van der Waals surface area contributed by atoms with Crippen molar-refractivity contribution in [3.63, 3.8) is 0 Å². The number of nitro benzene ring substituents is 1. The summed E-state index contributed by atoms with van der Waals surface area (Å²) in [6.07, 6.45) is 0. The number of carboxylic acid groups (broad SMARTS) is 1. The molecule has 0 radical (unpaired) electrons. The van der Waals surface area contributed by atoms with Crippen molar-refractivity contribution in [3.05, 3.63) is 62.1 Å². The van der Waals surface area contributed by atoms with Gasteiger partial charge in [-0.15, -0.1) is 0 Å². The van der Waals surface area contributed by atoms with E-state index in [1.54, 1.807) is 13.0 Å². The van der Waals surface area contributed by atoms with Crippen LogP contribution in [0.3, 0.4) is 0 Å². The van der Waals surface area contributed by atoms with E-state index < -0.39 is 10.9 Å². The highest BCUT2D eigenvalue weighted by Gasteiger charge is 2.11. The second kappa shape index (κ2) is 5.92.